The molecule has 0 aliphatic heterocycles. The normalized spacial score (nSPS) is 23.1. The molecule has 1 unspecified atom stereocenters. The lowest BCUT2D eigenvalue weighted by Gasteiger charge is -2.10. The first-order valence-corrected chi connectivity index (χ1v) is 7.12. The van der Waals surface area contributed by atoms with E-state index in [9.17, 15) is 0 Å². The first-order valence-electron chi connectivity index (χ1n) is 7.12. The van der Waals surface area contributed by atoms with Gasteiger partial charge in [0.15, 0.2) is 0 Å². The third-order valence-corrected chi connectivity index (χ3v) is 4.32. The monoisotopic (exact) mass is 233 g/mol. The molecular weight excluding hydrogens is 210 g/mol. The van der Waals surface area contributed by atoms with Crippen molar-refractivity contribution in [3.63, 3.8) is 0 Å². The molecule has 1 aromatic heterocycles. The van der Waals surface area contributed by atoms with Crippen molar-refractivity contribution >= 4 is 0 Å². The van der Waals surface area contributed by atoms with Gasteiger partial charge < -0.3 is 5.73 Å². The van der Waals surface area contributed by atoms with E-state index < -0.39 is 0 Å². The molecule has 2 fully saturated rings. The summed E-state index contributed by atoms with van der Waals surface area (Å²) >= 11 is 0. The Morgan fingerprint density at radius 2 is 2.06 bits per heavy atom. The number of aromatic nitrogens is 2. The van der Waals surface area contributed by atoms with Gasteiger partial charge in [-0.25, -0.2) is 0 Å². The van der Waals surface area contributed by atoms with Crippen LogP contribution in [0.4, 0.5) is 0 Å². The molecule has 1 atom stereocenters. The zero-order valence-electron chi connectivity index (χ0n) is 10.5. The zero-order chi connectivity index (χ0) is 11.7. The van der Waals surface area contributed by atoms with Crippen LogP contribution in [0.1, 0.15) is 56.7 Å². The van der Waals surface area contributed by atoms with Crippen LogP contribution in [0, 0.1) is 5.92 Å². The Hall–Kier alpha value is -0.830. The van der Waals surface area contributed by atoms with Crippen LogP contribution in [0.2, 0.25) is 0 Å². The highest BCUT2D eigenvalue weighted by atomic mass is 15.3. The Bertz CT molecular complexity index is 361. The summed E-state index contributed by atoms with van der Waals surface area (Å²) in [6, 6.07) is 3.25. The lowest BCUT2D eigenvalue weighted by atomic mass is 10.1. The lowest BCUT2D eigenvalue weighted by Crippen LogP contribution is -2.23. The van der Waals surface area contributed by atoms with Gasteiger partial charge in [-0.3, -0.25) is 4.68 Å². The van der Waals surface area contributed by atoms with Crippen LogP contribution in [-0.2, 0) is 6.42 Å². The topological polar surface area (TPSA) is 43.8 Å². The minimum absolute atomic E-state index is 0.409. The number of nitrogens with zero attached hydrogens (tertiary/aromatic N) is 2. The number of hydrogen-bond donors (Lipinski definition) is 1. The quantitative estimate of drug-likeness (QED) is 0.849. The minimum atomic E-state index is 0.409. The Morgan fingerprint density at radius 3 is 2.76 bits per heavy atom. The summed E-state index contributed by atoms with van der Waals surface area (Å²) in [4.78, 5) is 0. The van der Waals surface area contributed by atoms with Crippen molar-refractivity contribution in [2.75, 3.05) is 0 Å². The average molecular weight is 233 g/mol. The van der Waals surface area contributed by atoms with Gasteiger partial charge in [0.2, 0.25) is 0 Å². The van der Waals surface area contributed by atoms with E-state index in [4.69, 9.17) is 10.8 Å². The van der Waals surface area contributed by atoms with E-state index in [0.29, 0.717) is 12.1 Å². The summed E-state index contributed by atoms with van der Waals surface area (Å²) < 4.78 is 2.19. The van der Waals surface area contributed by atoms with Gasteiger partial charge in [-0.1, -0.05) is 12.8 Å². The van der Waals surface area contributed by atoms with Crippen molar-refractivity contribution in [1.82, 2.24) is 9.78 Å². The van der Waals surface area contributed by atoms with Gasteiger partial charge in [-0.05, 0) is 50.5 Å². The summed E-state index contributed by atoms with van der Waals surface area (Å²) in [5, 5.41) is 4.71. The second-order valence-corrected chi connectivity index (χ2v) is 5.77. The van der Waals surface area contributed by atoms with E-state index in [1.807, 2.05) is 0 Å². The number of hydrogen-bond acceptors (Lipinski definition) is 2. The summed E-state index contributed by atoms with van der Waals surface area (Å²) in [6.45, 7) is 0. The van der Waals surface area contributed by atoms with E-state index >= 15 is 0 Å². The first-order chi connectivity index (χ1) is 8.33. The Morgan fingerprint density at radius 1 is 1.29 bits per heavy atom. The molecular formula is C14H23N3. The van der Waals surface area contributed by atoms with Crippen molar-refractivity contribution in [3.8, 4) is 0 Å². The standard InChI is InChI=1S/C14H23N3/c15-14(11-5-6-11)8-7-12-9-10-17(16-12)13-3-1-2-4-13/h9-11,13-14H,1-8,15H2. The molecule has 17 heavy (non-hydrogen) atoms. The number of rotatable bonds is 5. The Balaban J connectivity index is 1.52. The van der Waals surface area contributed by atoms with Gasteiger partial charge in [0, 0.05) is 12.2 Å². The molecule has 0 bridgehead atoms. The van der Waals surface area contributed by atoms with Gasteiger partial charge >= 0.3 is 0 Å². The SMILES string of the molecule is NC(CCc1ccn(C2CCCC2)n1)C1CC1. The van der Waals surface area contributed by atoms with E-state index in [0.717, 1.165) is 18.8 Å². The molecule has 0 spiro atoms. The molecule has 0 amide bonds. The highest BCUT2D eigenvalue weighted by Crippen LogP contribution is 2.33. The predicted molar refractivity (Wildman–Crippen MR) is 68.8 cm³/mol. The summed E-state index contributed by atoms with van der Waals surface area (Å²) in [5.41, 5.74) is 7.35. The molecule has 3 heteroatoms. The van der Waals surface area contributed by atoms with E-state index in [2.05, 4.69) is 16.9 Å². The zero-order valence-corrected chi connectivity index (χ0v) is 10.5. The molecule has 0 radical (unpaired) electrons. The van der Waals surface area contributed by atoms with E-state index in [1.165, 1.54) is 44.2 Å². The molecule has 0 saturated heterocycles. The number of aryl methyl sites for hydroxylation is 1. The van der Waals surface area contributed by atoms with Gasteiger partial charge in [-0.2, -0.15) is 5.10 Å². The smallest absolute Gasteiger partial charge is 0.0625 e. The van der Waals surface area contributed by atoms with Crippen molar-refractivity contribution < 1.29 is 0 Å². The molecule has 3 rings (SSSR count). The lowest BCUT2D eigenvalue weighted by molar-refractivity contribution is 0.460. The second kappa shape index (κ2) is 4.81. The third kappa shape index (κ3) is 2.71. The molecule has 1 heterocycles. The Kier molecular flexibility index (Phi) is 3.19. The van der Waals surface area contributed by atoms with Crippen LogP contribution in [0.25, 0.3) is 0 Å². The molecule has 2 saturated carbocycles. The fraction of sp³-hybridized carbons (Fsp3) is 0.786. The highest BCUT2D eigenvalue weighted by Gasteiger charge is 2.28. The van der Waals surface area contributed by atoms with Crippen LogP contribution in [0.15, 0.2) is 12.3 Å². The number of nitrogens with two attached hydrogens (primary N) is 1. The van der Waals surface area contributed by atoms with E-state index in [1.54, 1.807) is 0 Å². The van der Waals surface area contributed by atoms with Crippen molar-refractivity contribution in [1.29, 1.82) is 0 Å². The van der Waals surface area contributed by atoms with E-state index in [-0.39, 0.29) is 0 Å². The molecule has 1 aromatic rings. The Labute approximate surface area is 103 Å². The molecule has 3 nitrogen and oxygen atoms in total. The largest absolute Gasteiger partial charge is 0.327 e. The molecule has 0 aromatic carbocycles. The third-order valence-electron chi connectivity index (χ3n) is 4.32. The molecule has 2 aliphatic carbocycles. The summed E-state index contributed by atoms with van der Waals surface area (Å²) in [5.74, 6) is 0.812. The maximum Gasteiger partial charge on any atom is 0.0625 e. The molecule has 2 aliphatic rings. The van der Waals surface area contributed by atoms with Crippen LogP contribution < -0.4 is 5.73 Å². The van der Waals surface area contributed by atoms with Gasteiger partial charge in [0.05, 0.1) is 11.7 Å². The van der Waals surface area contributed by atoms with Crippen LogP contribution in [0.5, 0.6) is 0 Å². The van der Waals surface area contributed by atoms with Crippen LogP contribution in [0.3, 0.4) is 0 Å². The van der Waals surface area contributed by atoms with Crippen LogP contribution >= 0.6 is 0 Å². The predicted octanol–water partition coefficient (Wildman–Crippen LogP) is 2.67. The van der Waals surface area contributed by atoms with Gasteiger partial charge in [0.25, 0.3) is 0 Å². The van der Waals surface area contributed by atoms with Gasteiger partial charge in [-0.15, -0.1) is 0 Å². The fourth-order valence-electron chi connectivity index (χ4n) is 2.96. The molecule has 2 N–H and O–H groups in total. The summed E-state index contributed by atoms with van der Waals surface area (Å²) in [6.07, 6.45) is 12.4. The average Bonchev–Trinajstić information content (AvgIpc) is 2.87. The maximum absolute atomic E-state index is 6.12. The highest BCUT2D eigenvalue weighted by molar-refractivity contribution is 5.01. The fourth-order valence-corrected chi connectivity index (χ4v) is 2.96. The maximum atomic E-state index is 6.12. The van der Waals surface area contributed by atoms with Gasteiger partial charge in [0.1, 0.15) is 0 Å². The minimum Gasteiger partial charge on any atom is -0.327 e. The van der Waals surface area contributed by atoms with Crippen molar-refractivity contribution in [2.45, 2.75) is 63.5 Å². The molecule has 94 valence electrons. The van der Waals surface area contributed by atoms with Crippen molar-refractivity contribution in [2.24, 2.45) is 11.7 Å². The van der Waals surface area contributed by atoms with Crippen LogP contribution in [-0.4, -0.2) is 15.8 Å². The first kappa shape index (κ1) is 11.3. The summed E-state index contributed by atoms with van der Waals surface area (Å²) in [7, 11) is 0. The second-order valence-electron chi connectivity index (χ2n) is 5.77. The van der Waals surface area contributed by atoms with Crippen molar-refractivity contribution in [3.05, 3.63) is 18.0 Å².